The number of halogens is 3. The van der Waals surface area contributed by atoms with Crippen LogP contribution in [0.2, 0.25) is 0 Å². The van der Waals surface area contributed by atoms with E-state index in [1.807, 2.05) is 27.7 Å². The van der Waals surface area contributed by atoms with Crippen molar-refractivity contribution < 1.29 is 27.5 Å². The Balaban J connectivity index is 1.42. The second kappa shape index (κ2) is 11.2. The van der Waals surface area contributed by atoms with Crippen molar-refractivity contribution in [2.45, 2.75) is 64.4 Å². The first-order valence-electron chi connectivity index (χ1n) is 13.6. The molecular formula is C29H31F3N8O3. The number of aromatic nitrogens is 5. The number of nitrogen functional groups attached to an aromatic ring is 1. The number of hydrogen-bond donors (Lipinski definition) is 2. The molecule has 1 saturated heterocycles. The van der Waals surface area contributed by atoms with Crippen LogP contribution in [0.4, 0.5) is 29.6 Å². The highest BCUT2D eigenvalue weighted by molar-refractivity contribution is 6.04. The van der Waals surface area contributed by atoms with Crippen LogP contribution in [0.5, 0.6) is 0 Å². The van der Waals surface area contributed by atoms with Gasteiger partial charge in [0.25, 0.3) is 5.91 Å². The van der Waals surface area contributed by atoms with Gasteiger partial charge < -0.3 is 20.7 Å². The summed E-state index contributed by atoms with van der Waals surface area (Å²) in [5.41, 5.74) is 6.52. The Labute approximate surface area is 245 Å². The van der Waals surface area contributed by atoms with E-state index in [1.165, 1.54) is 18.5 Å². The predicted octanol–water partition coefficient (Wildman–Crippen LogP) is 5.70. The van der Waals surface area contributed by atoms with E-state index in [2.05, 4.69) is 20.3 Å². The number of ether oxygens (including phenoxy) is 1. The average Bonchev–Trinajstić information content (AvgIpc) is 3.33. The van der Waals surface area contributed by atoms with Gasteiger partial charge in [0.05, 0.1) is 17.0 Å². The standard InChI is InChI=1S/C29H31F3N8O3/c1-16-5-10-20(14-39(16)27(42)43-28(2,3)4)40-25-22(24(33)35-15-36-25)23(38-40)17-6-8-18(9-7-17)26(41)37-21-13-19(11-12-34-21)29(30,31)32/h6-9,11-13,15-16,20H,5,10,14H2,1-4H3,(H2,33,35,36)(H,34,37,41). The number of anilines is 2. The maximum atomic E-state index is 13.0. The van der Waals surface area contributed by atoms with Gasteiger partial charge in [0.1, 0.15) is 29.3 Å². The first kappa shape index (κ1) is 29.7. The molecule has 1 aliphatic heterocycles. The molecule has 1 aliphatic rings. The first-order valence-corrected chi connectivity index (χ1v) is 13.6. The molecule has 14 heteroatoms. The van der Waals surface area contributed by atoms with Crippen molar-refractivity contribution in [3.05, 3.63) is 60.0 Å². The quantitative estimate of drug-likeness (QED) is 0.306. The van der Waals surface area contributed by atoms with Gasteiger partial charge in [0, 0.05) is 29.9 Å². The third-order valence-corrected chi connectivity index (χ3v) is 7.10. The summed E-state index contributed by atoms with van der Waals surface area (Å²) in [6.45, 7) is 7.80. The van der Waals surface area contributed by atoms with Crippen LogP contribution in [0.15, 0.2) is 48.9 Å². The van der Waals surface area contributed by atoms with Gasteiger partial charge >= 0.3 is 12.3 Å². The number of likely N-dealkylation sites (tertiary alicyclic amines) is 1. The fourth-order valence-electron chi connectivity index (χ4n) is 4.96. The van der Waals surface area contributed by atoms with Gasteiger partial charge in [-0.2, -0.15) is 18.3 Å². The zero-order chi connectivity index (χ0) is 31.1. The zero-order valence-corrected chi connectivity index (χ0v) is 24.0. The summed E-state index contributed by atoms with van der Waals surface area (Å²) in [4.78, 5) is 39.8. The second-order valence-electron chi connectivity index (χ2n) is 11.4. The topological polar surface area (TPSA) is 141 Å². The number of nitrogens with two attached hydrogens (primary N) is 1. The van der Waals surface area contributed by atoms with Crippen molar-refractivity contribution >= 4 is 34.7 Å². The summed E-state index contributed by atoms with van der Waals surface area (Å²) in [6, 6.07) is 7.73. The average molecular weight is 597 g/mol. The van der Waals surface area contributed by atoms with Crippen LogP contribution >= 0.6 is 0 Å². The maximum Gasteiger partial charge on any atom is 0.416 e. The summed E-state index contributed by atoms with van der Waals surface area (Å²) in [5.74, 6) is -0.632. The van der Waals surface area contributed by atoms with E-state index >= 15 is 0 Å². The fourth-order valence-corrected chi connectivity index (χ4v) is 4.96. The lowest BCUT2D eigenvalue weighted by Crippen LogP contribution is -2.48. The minimum atomic E-state index is -4.56. The third-order valence-electron chi connectivity index (χ3n) is 7.10. The number of rotatable bonds is 4. The Morgan fingerprint density at radius 1 is 1.05 bits per heavy atom. The van der Waals surface area contributed by atoms with Gasteiger partial charge in [0.2, 0.25) is 0 Å². The fraction of sp³-hybridized carbons (Fsp3) is 0.379. The molecule has 226 valence electrons. The van der Waals surface area contributed by atoms with Crippen molar-refractivity contribution in [2.75, 3.05) is 17.6 Å². The monoisotopic (exact) mass is 596 g/mol. The summed E-state index contributed by atoms with van der Waals surface area (Å²) < 4.78 is 46.5. The van der Waals surface area contributed by atoms with Crippen LogP contribution in [0.25, 0.3) is 22.3 Å². The molecule has 3 N–H and O–H groups in total. The van der Waals surface area contributed by atoms with Crippen LogP contribution in [-0.4, -0.2) is 59.8 Å². The van der Waals surface area contributed by atoms with Crippen molar-refractivity contribution in [3.8, 4) is 11.3 Å². The zero-order valence-electron chi connectivity index (χ0n) is 24.0. The van der Waals surface area contributed by atoms with Gasteiger partial charge in [-0.1, -0.05) is 12.1 Å². The molecule has 43 heavy (non-hydrogen) atoms. The minimum Gasteiger partial charge on any atom is -0.444 e. The number of hydrogen-bond acceptors (Lipinski definition) is 8. The molecule has 3 aromatic heterocycles. The normalized spacial score (nSPS) is 17.6. The molecule has 4 heterocycles. The van der Waals surface area contributed by atoms with Crippen molar-refractivity contribution in [1.82, 2.24) is 29.6 Å². The lowest BCUT2D eigenvalue weighted by Gasteiger charge is -2.38. The third kappa shape index (κ3) is 6.37. The van der Waals surface area contributed by atoms with Gasteiger partial charge in [-0.25, -0.2) is 24.4 Å². The summed E-state index contributed by atoms with van der Waals surface area (Å²) >= 11 is 0. The number of benzene rings is 1. The highest BCUT2D eigenvalue weighted by Gasteiger charge is 2.35. The lowest BCUT2D eigenvalue weighted by atomic mass is 10.00. The molecule has 0 bridgehead atoms. The molecule has 2 amide bonds. The number of amides is 2. The van der Waals surface area contributed by atoms with Crippen LogP contribution in [0.1, 0.15) is 62.5 Å². The Bertz CT molecular complexity index is 1660. The molecule has 1 aromatic carbocycles. The first-order chi connectivity index (χ1) is 20.2. The van der Waals surface area contributed by atoms with E-state index in [1.54, 1.807) is 21.7 Å². The predicted molar refractivity (Wildman–Crippen MR) is 153 cm³/mol. The molecular weight excluding hydrogens is 565 g/mol. The van der Waals surface area contributed by atoms with Crippen LogP contribution in [0.3, 0.4) is 0 Å². The Hall–Kier alpha value is -4.75. The highest BCUT2D eigenvalue weighted by atomic mass is 19.4. The van der Waals surface area contributed by atoms with Crippen LogP contribution < -0.4 is 11.1 Å². The van der Waals surface area contributed by atoms with E-state index in [4.69, 9.17) is 15.6 Å². The number of nitrogens with one attached hydrogen (secondary N) is 1. The Morgan fingerprint density at radius 2 is 1.77 bits per heavy atom. The minimum absolute atomic E-state index is 0.0167. The molecule has 1 fully saturated rings. The van der Waals surface area contributed by atoms with E-state index in [0.29, 0.717) is 28.8 Å². The number of carbonyl (C=O) groups excluding carboxylic acids is 2. The highest BCUT2D eigenvalue weighted by Crippen LogP contribution is 2.35. The van der Waals surface area contributed by atoms with Gasteiger partial charge in [-0.05, 0) is 64.8 Å². The molecule has 0 spiro atoms. The number of nitrogens with zero attached hydrogens (tertiary/aromatic N) is 6. The summed E-state index contributed by atoms with van der Waals surface area (Å²) in [5, 5.41) is 7.77. The molecule has 0 saturated carbocycles. The number of pyridine rings is 1. The van der Waals surface area contributed by atoms with Gasteiger partial charge in [-0.15, -0.1) is 0 Å². The SMILES string of the molecule is CC1CCC(n2nc(-c3ccc(C(=O)Nc4cc(C(F)(F)F)ccn4)cc3)c3c(N)ncnc32)CN1C(=O)OC(C)(C)C. The lowest BCUT2D eigenvalue weighted by molar-refractivity contribution is -0.137. The molecule has 0 aliphatic carbocycles. The molecule has 11 nitrogen and oxygen atoms in total. The molecule has 2 unspecified atom stereocenters. The molecule has 5 rings (SSSR count). The smallest absolute Gasteiger partial charge is 0.416 e. The Morgan fingerprint density at radius 3 is 2.44 bits per heavy atom. The van der Waals surface area contributed by atoms with Crippen molar-refractivity contribution in [2.24, 2.45) is 0 Å². The largest absolute Gasteiger partial charge is 0.444 e. The molecule has 0 radical (unpaired) electrons. The van der Waals surface area contributed by atoms with E-state index in [0.717, 1.165) is 31.2 Å². The maximum absolute atomic E-state index is 13.0. The van der Waals surface area contributed by atoms with Crippen molar-refractivity contribution in [1.29, 1.82) is 0 Å². The molecule has 4 aromatic rings. The number of alkyl halides is 3. The van der Waals surface area contributed by atoms with Gasteiger partial charge in [-0.3, -0.25) is 4.79 Å². The van der Waals surface area contributed by atoms with E-state index in [-0.39, 0.29) is 29.3 Å². The summed E-state index contributed by atoms with van der Waals surface area (Å²) in [6.07, 6.45) is -1.16. The van der Waals surface area contributed by atoms with Gasteiger partial charge in [0.15, 0.2) is 5.65 Å². The Kier molecular flexibility index (Phi) is 7.71. The molecule has 2 atom stereocenters. The van der Waals surface area contributed by atoms with Crippen LogP contribution in [0, 0.1) is 0 Å². The number of fused-ring (bicyclic) bond motifs is 1. The second-order valence-corrected chi connectivity index (χ2v) is 11.4. The number of carbonyl (C=O) groups is 2. The van der Waals surface area contributed by atoms with Crippen molar-refractivity contribution in [3.63, 3.8) is 0 Å². The summed E-state index contributed by atoms with van der Waals surface area (Å²) in [7, 11) is 0. The van der Waals surface area contributed by atoms with E-state index < -0.39 is 29.3 Å². The van der Waals surface area contributed by atoms with E-state index in [9.17, 15) is 22.8 Å². The van der Waals surface area contributed by atoms with Crippen LogP contribution in [-0.2, 0) is 10.9 Å². The number of piperidine rings is 1.